The SMILES string of the molecule is CC(C)OC[C@@]12CCCN1C[C@H](C)C2. The number of hydrogen-bond acceptors (Lipinski definition) is 2. The van der Waals surface area contributed by atoms with Crippen molar-refractivity contribution in [1.82, 2.24) is 4.90 Å². The van der Waals surface area contributed by atoms with E-state index in [2.05, 4.69) is 25.7 Å². The summed E-state index contributed by atoms with van der Waals surface area (Å²) >= 11 is 0. The van der Waals surface area contributed by atoms with Crippen molar-refractivity contribution < 1.29 is 4.74 Å². The van der Waals surface area contributed by atoms with Gasteiger partial charge in [0.15, 0.2) is 0 Å². The molecule has 14 heavy (non-hydrogen) atoms. The highest BCUT2D eigenvalue weighted by Gasteiger charge is 2.47. The van der Waals surface area contributed by atoms with Crippen molar-refractivity contribution in [3.63, 3.8) is 0 Å². The molecule has 82 valence electrons. The number of ether oxygens (including phenoxy) is 1. The fourth-order valence-electron chi connectivity index (χ4n) is 3.14. The van der Waals surface area contributed by atoms with Gasteiger partial charge in [-0.2, -0.15) is 0 Å². The van der Waals surface area contributed by atoms with E-state index in [1.165, 1.54) is 32.4 Å². The van der Waals surface area contributed by atoms with Crippen molar-refractivity contribution in [2.24, 2.45) is 5.92 Å². The Bertz CT molecular complexity index is 204. The molecule has 2 saturated heterocycles. The van der Waals surface area contributed by atoms with Crippen LogP contribution in [0.3, 0.4) is 0 Å². The molecule has 0 aromatic rings. The maximum Gasteiger partial charge on any atom is 0.0654 e. The lowest BCUT2D eigenvalue weighted by atomic mass is 9.91. The maximum absolute atomic E-state index is 5.84. The molecule has 0 unspecified atom stereocenters. The van der Waals surface area contributed by atoms with Gasteiger partial charge in [0.05, 0.1) is 12.7 Å². The van der Waals surface area contributed by atoms with E-state index in [4.69, 9.17) is 4.74 Å². The van der Waals surface area contributed by atoms with Crippen LogP contribution in [0.2, 0.25) is 0 Å². The zero-order valence-electron chi connectivity index (χ0n) is 9.75. The molecule has 0 saturated carbocycles. The number of rotatable bonds is 3. The quantitative estimate of drug-likeness (QED) is 0.688. The second-order valence-corrected chi connectivity index (χ2v) is 5.44. The zero-order valence-corrected chi connectivity index (χ0v) is 9.75. The molecule has 0 amide bonds. The van der Waals surface area contributed by atoms with Crippen LogP contribution in [0.25, 0.3) is 0 Å². The first-order valence-electron chi connectivity index (χ1n) is 5.99. The molecule has 2 aliphatic rings. The van der Waals surface area contributed by atoms with E-state index in [0.717, 1.165) is 12.5 Å². The van der Waals surface area contributed by atoms with Gasteiger partial charge in [0.2, 0.25) is 0 Å². The summed E-state index contributed by atoms with van der Waals surface area (Å²) in [6.07, 6.45) is 4.44. The van der Waals surface area contributed by atoms with Crippen molar-refractivity contribution in [1.29, 1.82) is 0 Å². The van der Waals surface area contributed by atoms with E-state index in [0.29, 0.717) is 11.6 Å². The molecule has 2 heterocycles. The molecule has 2 fully saturated rings. The Morgan fingerprint density at radius 3 is 3.00 bits per heavy atom. The van der Waals surface area contributed by atoms with Crippen LogP contribution in [-0.4, -0.2) is 36.2 Å². The van der Waals surface area contributed by atoms with Crippen molar-refractivity contribution in [2.75, 3.05) is 19.7 Å². The van der Waals surface area contributed by atoms with Crippen LogP contribution in [-0.2, 0) is 4.74 Å². The Hall–Kier alpha value is -0.0800. The lowest BCUT2D eigenvalue weighted by Gasteiger charge is -2.32. The maximum atomic E-state index is 5.84. The normalized spacial score (nSPS) is 38.1. The average molecular weight is 197 g/mol. The summed E-state index contributed by atoms with van der Waals surface area (Å²) in [5, 5.41) is 0. The predicted molar refractivity (Wildman–Crippen MR) is 58.4 cm³/mol. The van der Waals surface area contributed by atoms with E-state index in [9.17, 15) is 0 Å². The summed E-state index contributed by atoms with van der Waals surface area (Å²) in [5.74, 6) is 0.867. The molecule has 0 N–H and O–H groups in total. The van der Waals surface area contributed by atoms with Gasteiger partial charge in [-0.25, -0.2) is 0 Å². The molecule has 0 aromatic carbocycles. The third kappa shape index (κ3) is 1.82. The van der Waals surface area contributed by atoms with Gasteiger partial charge >= 0.3 is 0 Å². The average Bonchev–Trinajstić information content (AvgIpc) is 2.56. The van der Waals surface area contributed by atoms with Gasteiger partial charge in [0, 0.05) is 12.1 Å². The lowest BCUT2D eigenvalue weighted by Crippen LogP contribution is -2.43. The minimum atomic E-state index is 0.378. The Kier molecular flexibility index (Phi) is 2.85. The molecule has 2 aliphatic heterocycles. The number of hydrogen-bond donors (Lipinski definition) is 0. The first kappa shape index (κ1) is 10.4. The van der Waals surface area contributed by atoms with Crippen LogP contribution in [0.15, 0.2) is 0 Å². The molecule has 0 spiro atoms. The molecular weight excluding hydrogens is 174 g/mol. The molecule has 2 heteroatoms. The van der Waals surface area contributed by atoms with Gasteiger partial charge in [0.1, 0.15) is 0 Å². The van der Waals surface area contributed by atoms with Crippen LogP contribution in [0, 0.1) is 5.92 Å². The van der Waals surface area contributed by atoms with Crippen LogP contribution in [0.4, 0.5) is 0 Å². The van der Waals surface area contributed by atoms with E-state index < -0.39 is 0 Å². The van der Waals surface area contributed by atoms with Crippen molar-refractivity contribution in [3.8, 4) is 0 Å². The summed E-state index contributed by atoms with van der Waals surface area (Å²) in [5.41, 5.74) is 0.420. The van der Waals surface area contributed by atoms with Crippen molar-refractivity contribution in [2.45, 2.75) is 51.7 Å². The highest BCUT2D eigenvalue weighted by Crippen LogP contribution is 2.41. The summed E-state index contributed by atoms with van der Waals surface area (Å²) in [4.78, 5) is 2.67. The molecule has 0 aliphatic carbocycles. The smallest absolute Gasteiger partial charge is 0.0654 e. The molecule has 2 atom stereocenters. The van der Waals surface area contributed by atoms with Gasteiger partial charge in [0.25, 0.3) is 0 Å². The molecule has 2 nitrogen and oxygen atoms in total. The topological polar surface area (TPSA) is 12.5 Å². The number of fused-ring (bicyclic) bond motifs is 1. The summed E-state index contributed by atoms with van der Waals surface area (Å²) in [6, 6.07) is 0. The lowest BCUT2D eigenvalue weighted by molar-refractivity contribution is 0.00292. The molecule has 2 rings (SSSR count). The number of nitrogens with zero attached hydrogens (tertiary/aromatic N) is 1. The van der Waals surface area contributed by atoms with E-state index in [1.54, 1.807) is 0 Å². The summed E-state index contributed by atoms with van der Waals surface area (Å²) in [6.45, 7) is 10.2. The monoisotopic (exact) mass is 197 g/mol. The molecular formula is C12H23NO. The minimum Gasteiger partial charge on any atom is -0.377 e. The largest absolute Gasteiger partial charge is 0.377 e. The van der Waals surface area contributed by atoms with Crippen LogP contribution >= 0.6 is 0 Å². The van der Waals surface area contributed by atoms with Crippen molar-refractivity contribution in [3.05, 3.63) is 0 Å². The second-order valence-electron chi connectivity index (χ2n) is 5.44. The Morgan fingerprint density at radius 2 is 2.29 bits per heavy atom. The fraction of sp³-hybridized carbons (Fsp3) is 1.00. The minimum absolute atomic E-state index is 0.378. The fourth-order valence-corrected chi connectivity index (χ4v) is 3.14. The highest BCUT2D eigenvalue weighted by molar-refractivity contribution is 5.02. The first-order valence-corrected chi connectivity index (χ1v) is 5.99. The van der Waals surface area contributed by atoms with Gasteiger partial charge < -0.3 is 4.74 Å². The van der Waals surface area contributed by atoms with Crippen molar-refractivity contribution >= 4 is 0 Å². The van der Waals surface area contributed by atoms with Gasteiger partial charge in [-0.1, -0.05) is 6.92 Å². The molecule has 0 bridgehead atoms. The molecule has 0 radical (unpaired) electrons. The first-order chi connectivity index (χ1) is 6.62. The van der Waals surface area contributed by atoms with Gasteiger partial charge in [-0.3, -0.25) is 4.90 Å². The van der Waals surface area contributed by atoms with E-state index >= 15 is 0 Å². The Balaban J connectivity index is 1.98. The van der Waals surface area contributed by atoms with Gasteiger partial charge in [-0.05, 0) is 45.6 Å². The Labute approximate surface area is 87.6 Å². The van der Waals surface area contributed by atoms with Gasteiger partial charge in [-0.15, -0.1) is 0 Å². The third-order valence-electron chi connectivity index (χ3n) is 3.69. The summed E-state index contributed by atoms with van der Waals surface area (Å²) in [7, 11) is 0. The Morgan fingerprint density at radius 1 is 1.50 bits per heavy atom. The molecule has 0 aromatic heterocycles. The standard InChI is InChI=1S/C12H23NO/c1-10(2)14-9-12-5-4-6-13(12)8-11(3)7-12/h10-11H,4-9H2,1-3H3/t11-,12+/m1/s1. The van der Waals surface area contributed by atoms with Crippen LogP contribution in [0.1, 0.15) is 40.0 Å². The summed E-state index contributed by atoms with van der Waals surface area (Å²) < 4.78 is 5.84. The zero-order chi connectivity index (χ0) is 10.2. The van der Waals surface area contributed by atoms with E-state index in [-0.39, 0.29) is 0 Å². The predicted octanol–water partition coefficient (Wildman–Crippen LogP) is 2.29. The van der Waals surface area contributed by atoms with E-state index in [1.807, 2.05) is 0 Å². The van der Waals surface area contributed by atoms with Crippen LogP contribution < -0.4 is 0 Å². The second kappa shape index (κ2) is 3.82. The van der Waals surface area contributed by atoms with Crippen LogP contribution in [0.5, 0.6) is 0 Å². The third-order valence-corrected chi connectivity index (χ3v) is 3.69. The highest BCUT2D eigenvalue weighted by atomic mass is 16.5.